The summed E-state index contributed by atoms with van der Waals surface area (Å²) in [4.78, 5) is 15.0. The zero-order valence-corrected chi connectivity index (χ0v) is 7.41. The number of nitrogens with one attached hydrogen (secondary N) is 1. The maximum Gasteiger partial charge on any atom is 0.251 e. The monoisotopic (exact) mass is 179 g/mol. The maximum atomic E-state index is 11.3. The van der Waals surface area contributed by atoms with Crippen molar-refractivity contribution in [2.24, 2.45) is 0 Å². The molecule has 0 unspecified atom stereocenters. The van der Waals surface area contributed by atoms with Crippen LogP contribution in [0.5, 0.6) is 0 Å². The summed E-state index contributed by atoms with van der Waals surface area (Å²) in [7, 11) is 1.59. The first kappa shape index (κ1) is 9.67. The maximum absolute atomic E-state index is 11.3. The largest absolute Gasteiger partial charge is 0.383 e. The first-order chi connectivity index (χ1) is 6.34. The molecule has 1 aromatic heterocycles. The number of methoxy groups -OCH3 is 1. The van der Waals surface area contributed by atoms with Crippen molar-refractivity contribution in [1.82, 2.24) is 10.3 Å². The van der Waals surface area contributed by atoms with Gasteiger partial charge in [-0.3, -0.25) is 9.78 Å². The minimum Gasteiger partial charge on any atom is -0.383 e. The second-order valence-corrected chi connectivity index (χ2v) is 2.42. The van der Waals surface area contributed by atoms with Gasteiger partial charge in [-0.15, -0.1) is 0 Å². The lowest BCUT2D eigenvalue weighted by molar-refractivity contribution is 0.0937. The summed E-state index contributed by atoms with van der Waals surface area (Å²) < 4.78 is 4.79. The fraction of sp³-hybridized carbons (Fsp3) is 0.333. The van der Waals surface area contributed by atoms with E-state index in [4.69, 9.17) is 4.74 Å². The van der Waals surface area contributed by atoms with Crippen molar-refractivity contribution in [3.05, 3.63) is 30.1 Å². The van der Waals surface area contributed by atoms with Gasteiger partial charge in [-0.1, -0.05) is 0 Å². The minimum absolute atomic E-state index is 0.129. The molecule has 1 amide bonds. The number of aromatic nitrogens is 1. The number of amides is 1. The van der Waals surface area contributed by atoms with Crippen molar-refractivity contribution in [2.75, 3.05) is 20.3 Å². The van der Waals surface area contributed by atoms with Crippen molar-refractivity contribution in [1.29, 1.82) is 0 Å². The van der Waals surface area contributed by atoms with E-state index < -0.39 is 0 Å². The van der Waals surface area contributed by atoms with Crippen molar-refractivity contribution in [3.63, 3.8) is 0 Å². The van der Waals surface area contributed by atoms with Gasteiger partial charge in [0.05, 0.1) is 12.8 Å². The summed E-state index contributed by atoms with van der Waals surface area (Å²) in [6, 6.07) is 3.18. The molecule has 1 aromatic rings. The summed E-state index contributed by atoms with van der Waals surface area (Å²) in [5.74, 6) is -0.129. The van der Waals surface area contributed by atoms with E-state index in [1.807, 2.05) is 0 Å². The average Bonchev–Trinajstić information content (AvgIpc) is 2.19. The molecule has 1 radical (unpaired) electrons. The molecule has 0 aliphatic carbocycles. The molecule has 0 saturated carbocycles. The SMILES string of the molecule is COCCNC(=O)c1c[c]ncc1. The summed E-state index contributed by atoms with van der Waals surface area (Å²) in [6.45, 7) is 1.03. The molecule has 13 heavy (non-hydrogen) atoms. The molecule has 4 heteroatoms. The van der Waals surface area contributed by atoms with Gasteiger partial charge in [-0.2, -0.15) is 0 Å². The molecular formula is C9H11N2O2. The highest BCUT2D eigenvalue weighted by molar-refractivity contribution is 5.93. The van der Waals surface area contributed by atoms with Crippen LogP contribution in [0.25, 0.3) is 0 Å². The molecule has 0 fully saturated rings. The van der Waals surface area contributed by atoms with Crippen LogP contribution in [-0.2, 0) is 4.74 Å². The van der Waals surface area contributed by atoms with Gasteiger partial charge < -0.3 is 10.1 Å². The van der Waals surface area contributed by atoms with Crippen LogP contribution in [0.3, 0.4) is 0 Å². The fourth-order valence-electron chi connectivity index (χ4n) is 0.825. The van der Waals surface area contributed by atoms with E-state index in [9.17, 15) is 4.79 Å². The molecule has 0 aromatic carbocycles. The third-order valence-corrected chi connectivity index (χ3v) is 1.48. The molecule has 0 bridgehead atoms. The Bertz CT molecular complexity index is 262. The predicted molar refractivity (Wildman–Crippen MR) is 47.3 cm³/mol. The smallest absolute Gasteiger partial charge is 0.251 e. The molecule has 0 saturated heterocycles. The molecule has 0 spiro atoms. The second kappa shape index (κ2) is 5.27. The molecular weight excluding hydrogens is 168 g/mol. The van der Waals surface area contributed by atoms with Gasteiger partial charge in [-0.05, 0) is 12.1 Å². The van der Waals surface area contributed by atoms with Crippen LogP contribution in [-0.4, -0.2) is 31.2 Å². The molecule has 0 aliphatic rings. The Labute approximate surface area is 76.9 Å². The highest BCUT2D eigenvalue weighted by Crippen LogP contribution is 1.94. The molecule has 4 nitrogen and oxygen atoms in total. The van der Waals surface area contributed by atoms with Crippen molar-refractivity contribution in [3.8, 4) is 0 Å². The standard InChI is InChI=1S/C9H11N2O2/c1-13-7-6-11-9(12)8-2-4-10-5-3-8/h2-4H,6-7H2,1H3,(H,11,12). The Balaban J connectivity index is 2.40. The van der Waals surface area contributed by atoms with Gasteiger partial charge in [0.25, 0.3) is 5.91 Å². The summed E-state index contributed by atoms with van der Waals surface area (Å²) >= 11 is 0. The third kappa shape index (κ3) is 3.21. The van der Waals surface area contributed by atoms with Gasteiger partial charge >= 0.3 is 0 Å². The molecule has 1 N–H and O–H groups in total. The normalized spacial score (nSPS) is 9.62. The quantitative estimate of drug-likeness (QED) is 0.674. The molecule has 0 atom stereocenters. The Hall–Kier alpha value is -1.42. The Morgan fingerprint density at radius 3 is 3.23 bits per heavy atom. The number of carbonyl (C=O) groups excluding carboxylic acids is 1. The van der Waals surface area contributed by atoms with E-state index in [0.717, 1.165) is 0 Å². The van der Waals surface area contributed by atoms with Crippen LogP contribution in [0.4, 0.5) is 0 Å². The first-order valence-electron chi connectivity index (χ1n) is 3.94. The summed E-state index contributed by atoms with van der Waals surface area (Å²) in [6.07, 6.45) is 4.12. The molecule has 1 heterocycles. The van der Waals surface area contributed by atoms with Gasteiger partial charge in [-0.25, -0.2) is 0 Å². The van der Waals surface area contributed by atoms with E-state index in [-0.39, 0.29) is 5.91 Å². The summed E-state index contributed by atoms with van der Waals surface area (Å²) in [5, 5.41) is 2.69. The average molecular weight is 179 g/mol. The van der Waals surface area contributed by atoms with Crippen LogP contribution < -0.4 is 5.32 Å². The Morgan fingerprint density at radius 1 is 1.77 bits per heavy atom. The van der Waals surface area contributed by atoms with Crippen LogP contribution in [0.1, 0.15) is 10.4 Å². The lowest BCUT2D eigenvalue weighted by atomic mass is 10.2. The van der Waals surface area contributed by atoms with E-state index in [0.29, 0.717) is 18.7 Å². The van der Waals surface area contributed by atoms with Crippen LogP contribution in [0.15, 0.2) is 18.3 Å². The predicted octanol–water partition coefficient (Wildman–Crippen LogP) is 0.258. The number of hydrogen-bond acceptors (Lipinski definition) is 3. The Kier molecular flexibility index (Phi) is 3.92. The number of nitrogens with zero attached hydrogens (tertiary/aromatic N) is 1. The van der Waals surface area contributed by atoms with E-state index in [2.05, 4.69) is 16.5 Å². The van der Waals surface area contributed by atoms with E-state index in [1.165, 1.54) is 6.20 Å². The van der Waals surface area contributed by atoms with Gasteiger partial charge in [0, 0.05) is 25.4 Å². The lowest BCUT2D eigenvalue weighted by Gasteiger charge is -2.02. The van der Waals surface area contributed by atoms with Crippen LogP contribution >= 0.6 is 0 Å². The number of hydrogen-bond donors (Lipinski definition) is 1. The molecule has 1 rings (SSSR count). The topological polar surface area (TPSA) is 51.2 Å². The van der Waals surface area contributed by atoms with Crippen molar-refractivity contribution in [2.45, 2.75) is 0 Å². The fourth-order valence-corrected chi connectivity index (χ4v) is 0.825. The van der Waals surface area contributed by atoms with E-state index >= 15 is 0 Å². The number of carbonyl (C=O) groups is 1. The van der Waals surface area contributed by atoms with Crippen molar-refractivity contribution >= 4 is 5.91 Å². The first-order valence-corrected chi connectivity index (χ1v) is 3.94. The summed E-state index contributed by atoms with van der Waals surface area (Å²) in [5.41, 5.74) is 0.561. The highest BCUT2D eigenvalue weighted by Gasteiger charge is 2.02. The number of ether oxygens (including phenoxy) is 1. The molecule has 69 valence electrons. The third-order valence-electron chi connectivity index (χ3n) is 1.48. The van der Waals surface area contributed by atoms with E-state index in [1.54, 1.807) is 19.2 Å². The second-order valence-electron chi connectivity index (χ2n) is 2.42. The zero-order chi connectivity index (χ0) is 9.52. The highest BCUT2D eigenvalue weighted by atomic mass is 16.5. The van der Waals surface area contributed by atoms with Gasteiger partial charge in [0.15, 0.2) is 0 Å². The van der Waals surface area contributed by atoms with Crippen molar-refractivity contribution < 1.29 is 9.53 Å². The van der Waals surface area contributed by atoms with Gasteiger partial charge in [0.2, 0.25) is 0 Å². The lowest BCUT2D eigenvalue weighted by Crippen LogP contribution is -2.26. The Morgan fingerprint density at radius 2 is 2.62 bits per heavy atom. The van der Waals surface area contributed by atoms with Gasteiger partial charge in [0.1, 0.15) is 0 Å². The zero-order valence-electron chi connectivity index (χ0n) is 7.41. The number of rotatable bonds is 4. The van der Waals surface area contributed by atoms with Crippen LogP contribution in [0.2, 0.25) is 0 Å². The minimum atomic E-state index is -0.129. The van der Waals surface area contributed by atoms with Crippen LogP contribution in [0, 0.1) is 6.20 Å². The molecule has 0 aliphatic heterocycles. The number of pyridine rings is 1.